The van der Waals surface area contributed by atoms with Gasteiger partial charge in [0.2, 0.25) is 0 Å². The molecule has 0 fully saturated rings. The Morgan fingerprint density at radius 1 is 1.08 bits per heavy atom. The fourth-order valence-electron chi connectivity index (χ4n) is 3.16. The molecular weight excluding hydrogens is 312 g/mol. The predicted octanol–water partition coefficient (Wildman–Crippen LogP) is 4.34. The standard InChI is InChI=1S/C22H22O3/c1-3-25-22(23)10-6-9-20-19-8-5-4-7-16(19)11-12-17-13-14-18(24-2)15-21(17)20/h4-10,13-15H,3,11-12H2,1-2H3/b10-6-,20-9?. The van der Waals surface area contributed by atoms with Crippen molar-refractivity contribution in [2.24, 2.45) is 0 Å². The maximum Gasteiger partial charge on any atom is 0.330 e. The quantitative estimate of drug-likeness (QED) is 0.616. The number of carbonyl (C=O) groups is 1. The van der Waals surface area contributed by atoms with Gasteiger partial charge < -0.3 is 9.47 Å². The zero-order valence-corrected chi connectivity index (χ0v) is 14.6. The van der Waals surface area contributed by atoms with E-state index in [1.165, 1.54) is 22.8 Å². The average molecular weight is 334 g/mol. The van der Waals surface area contributed by atoms with Crippen LogP contribution in [0.15, 0.2) is 60.7 Å². The lowest BCUT2D eigenvalue weighted by Crippen LogP contribution is -1.98. The number of esters is 1. The highest BCUT2D eigenvalue weighted by Gasteiger charge is 2.18. The predicted molar refractivity (Wildman–Crippen MR) is 99.7 cm³/mol. The molecule has 0 saturated carbocycles. The summed E-state index contributed by atoms with van der Waals surface area (Å²) in [4.78, 5) is 11.6. The maximum absolute atomic E-state index is 11.6. The van der Waals surface area contributed by atoms with Crippen LogP contribution in [0.5, 0.6) is 5.75 Å². The summed E-state index contributed by atoms with van der Waals surface area (Å²) in [6.07, 6.45) is 7.19. The van der Waals surface area contributed by atoms with Gasteiger partial charge in [0.25, 0.3) is 0 Å². The molecule has 0 heterocycles. The smallest absolute Gasteiger partial charge is 0.330 e. The number of fused-ring (bicyclic) bond motifs is 2. The van der Waals surface area contributed by atoms with E-state index in [1.54, 1.807) is 20.1 Å². The first kappa shape index (κ1) is 17.0. The number of carbonyl (C=O) groups excluding carboxylic acids is 1. The van der Waals surface area contributed by atoms with Gasteiger partial charge in [0.05, 0.1) is 13.7 Å². The molecule has 128 valence electrons. The molecule has 3 rings (SSSR count). The van der Waals surface area contributed by atoms with Gasteiger partial charge in [-0.15, -0.1) is 0 Å². The van der Waals surface area contributed by atoms with Gasteiger partial charge in [-0.05, 0) is 59.7 Å². The summed E-state index contributed by atoms with van der Waals surface area (Å²) in [6, 6.07) is 14.6. The lowest BCUT2D eigenvalue weighted by Gasteiger charge is -2.12. The van der Waals surface area contributed by atoms with Crippen molar-refractivity contribution in [2.75, 3.05) is 13.7 Å². The van der Waals surface area contributed by atoms with Crippen LogP contribution in [-0.2, 0) is 22.4 Å². The Hall–Kier alpha value is -2.81. The van der Waals surface area contributed by atoms with Crippen molar-refractivity contribution < 1.29 is 14.3 Å². The summed E-state index contributed by atoms with van der Waals surface area (Å²) in [6.45, 7) is 2.18. The molecule has 0 aliphatic heterocycles. The Kier molecular flexibility index (Phi) is 5.34. The van der Waals surface area contributed by atoms with Gasteiger partial charge in [-0.1, -0.05) is 42.5 Å². The highest BCUT2D eigenvalue weighted by Crippen LogP contribution is 2.35. The van der Waals surface area contributed by atoms with Crippen molar-refractivity contribution in [3.05, 3.63) is 82.9 Å². The van der Waals surface area contributed by atoms with Crippen LogP contribution in [0.4, 0.5) is 0 Å². The molecule has 1 aliphatic carbocycles. The SMILES string of the molecule is CCOC(=O)/C=C\C=C1c2ccccc2CCc2ccc(OC)cc21. The summed E-state index contributed by atoms with van der Waals surface area (Å²) in [7, 11) is 1.68. The van der Waals surface area contributed by atoms with Crippen LogP contribution in [-0.4, -0.2) is 19.7 Å². The van der Waals surface area contributed by atoms with E-state index in [1.807, 2.05) is 18.2 Å². The molecule has 0 N–H and O–H groups in total. The molecule has 3 nitrogen and oxygen atoms in total. The van der Waals surface area contributed by atoms with Gasteiger partial charge >= 0.3 is 5.97 Å². The summed E-state index contributed by atoms with van der Waals surface area (Å²) < 4.78 is 10.4. The number of aryl methyl sites for hydroxylation is 2. The van der Waals surface area contributed by atoms with Gasteiger partial charge in [0, 0.05) is 6.08 Å². The molecule has 2 aromatic rings. The van der Waals surface area contributed by atoms with E-state index in [-0.39, 0.29) is 5.97 Å². The molecule has 1 aliphatic rings. The van der Waals surface area contributed by atoms with Crippen molar-refractivity contribution in [3.8, 4) is 5.75 Å². The van der Waals surface area contributed by atoms with E-state index in [4.69, 9.17) is 9.47 Å². The van der Waals surface area contributed by atoms with Crippen LogP contribution in [0.25, 0.3) is 5.57 Å². The van der Waals surface area contributed by atoms with Gasteiger partial charge in [-0.25, -0.2) is 4.79 Å². The Bertz CT molecular complexity index is 831. The fourth-order valence-corrected chi connectivity index (χ4v) is 3.16. The molecule has 0 atom stereocenters. The zero-order chi connectivity index (χ0) is 17.6. The minimum Gasteiger partial charge on any atom is -0.497 e. The third-order valence-corrected chi connectivity index (χ3v) is 4.36. The Morgan fingerprint density at radius 2 is 1.84 bits per heavy atom. The second-order valence-corrected chi connectivity index (χ2v) is 5.87. The van der Waals surface area contributed by atoms with Crippen LogP contribution in [0.1, 0.15) is 29.2 Å². The summed E-state index contributed by atoms with van der Waals surface area (Å²) in [5, 5.41) is 0. The number of hydrogen-bond acceptors (Lipinski definition) is 3. The second-order valence-electron chi connectivity index (χ2n) is 5.87. The maximum atomic E-state index is 11.6. The lowest BCUT2D eigenvalue weighted by atomic mass is 9.93. The minimum atomic E-state index is -0.327. The van der Waals surface area contributed by atoms with Gasteiger partial charge in [0.15, 0.2) is 0 Å². The summed E-state index contributed by atoms with van der Waals surface area (Å²) >= 11 is 0. The topological polar surface area (TPSA) is 35.5 Å². The number of allylic oxidation sites excluding steroid dienone is 2. The normalized spacial score (nSPS) is 14.7. The fraction of sp³-hybridized carbons (Fsp3) is 0.227. The first-order valence-corrected chi connectivity index (χ1v) is 8.53. The lowest BCUT2D eigenvalue weighted by molar-refractivity contribution is -0.137. The highest BCUT2D eigenvalue weighted by atomic mass is 16.5. The van der Waals surface area contributed by atoms with Crippen LogP contribution < -0.4 is 4.74 Å². The van der Waals surface area contributed by atoms with Gasteiger partial charge in [0.1, 0.15) is 5.75 Å². The van der Waals surface area contributed by atoms with Gasteiger partial charge in [-0.2, -0.15) is 0 Å². The Balaban J connectivity index is 2.09. The van der Waals surface area contributed by atoms with E-state index in [2.05, 4.69) is 30.3 Å². The highest BCUT2D eigenvalue weighted by molar-refractivity contribution is 5.87. The molecule has 0 amide bonds. The zero-order valence-electron chi connectivity index (χ0n) is 14.6. The molecule has 2 aromatic carbocycles. The van der Waals surface area contributed by atoms with Crippen molar-refractivity contribution >= 4 is 11.5 Å². The second kappa shape index (κ2) is 7.84. The van der Waals surface area contributed by atoms with E-state index in [9.17, 15) is 4.79 Å². The van der Waals surface area contributed by atoms with Crippen LogP contribution in [0.3, 0.4) is 0 Å². The summed E-state index contributed by atoms with van der Waals surface area (Å²) in [5.74, 6) is 0.505. The number of benzene rings is 2. The molecular formula is C22H22O3. The van der Waals surface area contributed by atoms with E-state index >= 15 is 0 Å². The van der Waals surface area contributed by atoms with Crippen molar-refractivity contribution in [1.82, 2.24) is 0 Å². The molecule has 25 heavy (non-hydrogen) atoms. The third kappa shape index (κ3) is 3.82. The van der Waals surface area contributed by atoms with Crippen molar-refractivity contribution in [3.63, 3.8) is 0 Å². The van der Waals surface area contributed by atoms with Crippen molar-refractivity contribution in [1.29, 1.82) is 0 Å². The van der Waals surface area contributed by atoms with Crippen molar-refractivity contribution in [2.45, 2.75) is 19.8 Å². The number of ether oxygens (including phenoxy) is 2. The molecule has 0 aromatic heterocycles. The first-order valence-electron chi connectivity index (χ1n) is 8.53. The van der Waals surface area contributed by atoms with Crippen LogP contribution >= 0.6 is 0 Å². The van der Waals surface area contributed by atoms with E-state index in [0.717, 1.165) is 29.7 Å². The molecule has 0 saturated heterocycles. The van der Waals surface area contributed by atoms with Gasteiger partial charge in [-0.3, -0.25) is 0 Å². The number of hydrogen-bond donors (Lipinski definition) is 0. The largest absolute Gasteiger partial charge is 0.497 e. The Morgan fingerprint density at radius 3 is 2.60 bits per heavy atom. The first-order chi connectivity index (χ1) is 12.2. The molecule has 0 bridgehead atoms. The van der Waals surface area contributed by atoms with E-state index in [0.29, 0.717) is 6.61 Å². The Labute approximate surface area is 148 Å². The van der Waals surface area contributed by atoms with Crippen LogP contribution in [0.2, 0.25) is 0 Å². The average Bonchev–Trinajstić information content (AvgIpc) is 2.79. The minimum absolute atomic E-state index is 0.327. The number of rotatable bonds is 4. The molecule has 0 unspecified atom stereocenters. The molecule has 3 heteroatoms. The summed E-state index contributed by atoms with van der Waals surface area (Å²) in [5.41, 5.74) is 6.05. The molecule has 0 spiro atoms. The van der Waals surface area contributed by atoms with E-state index < -0.39 is 0 Å². The third-order valence-electron chi connectivity index (χ3n) is 4.36. The van der Waals surface area contributed by atoms with Crippen LogP contribution in [0, 0.1) is 0 Å². The number of methoxy groups -OCH3 is 1. The monoisotopic (exact) mass is 334 g/mol. The molecule has 0 radical (unpaired) electrons.